The molecule has 2 fully saturated rings. The summed E-state index contributed by atoms with van der Waals surface area (Å²) in [4.78, 5) is 65.5. The highest BCUT2D eigenvalue weighted by atomic mass is 32.1. The highest BCUT2D eigenvalue weighted by molar-refractivity contribution is 7.13. The smallest absolute Gasteiger partial charge is 0.408 e. The number of hydrogen-bond acceptors (Lipinski definition) is 9. The average Bonchev–Trinajstić information content (AvgIpc) is 3.34. The van der Waals surface area contributed by atoms with Gasteiger partial charge in [-0.3, -0.25) is 9.59 Å². The van der Waals surface area contributed by atoms with Crippen LogP contribution in [0, 0.1) is 5.92 Å². The van der Waals surface area contributed by atoms with Crippen molar-refractivity contribution in [3.05, 3.63) is 53.9 Å². The number of nitrogens with one attached hydrogen (secondary N) is 2. The summed E-state index contributed by atoms with van der Waals surface area (Å²) in [5, 5.41) is 17.6. The van der Waals surface area contributed by atoms with E-state index in [9.17, 15) is 24.3 Å². The third-order valence-corrected chi connectivity index (χ3v) is 9.76. The number of carbonyl (C=O) groups is 4. The molecule has 6 rings (SSSR count). The lowest BCUT2D eigenvalue weighted by Crippen LogP contribution is -2.56. The Labute approximate surface area is 282 Å². The first-order valence-electron chi connectivity index (χ1n) is 16.4. The summed E-state index contributed by atoms with van der Waals surface area (Å²) in [6, 6.07) is 9.27. The van der Waals surface area contributed by atoms with Crippen molar-refractivity contribution in [3.63, 3.8) is 0 Å². The van der Waals surface area contributed by atoms with Crippen LogP contribution >= 0.6 is 11.3 Å². The SMILES string of the molecule is CC(C)(C)OC(=O)N[C@@H]1CCCCCC=C[C@@H]2C[C@@]2(C(=O)O)NC(=O)[C@@H]2C[C@H](Oc3nc4ccccc4nc3-c3cccs3)CN2C1=O. The molecule has 1 saturated carbocycles. The fourth-order valence-electron chi connectivity index (χ4n) is 6.39. The summed E-state index contributed by atoms with van der Waals surface area (Å²) >= 11 is 1.49. The zero-order valence-electron chi connectivity index (χ0n) is 27.3. The number of para-hydroxylation sites is 2. The molecule has 13 heteroatoms. The number of alkyl carbamates (subject to hydrolysis) is 1. The molecule has 254 valence electrons. The third-order valence-electron chi connectivity index (χ3n) is 8.88. The maximum atomic E-state index is 14.3. The Hall–Kier alpha value is -4.52. The Morgan fingerprint density at radius 1 is 1.08 bits per heavy atom. The number of amides is 3. The number of carboxylic acid groups (broad SMARTS) is 1. The van der Waals surface area contributed by atoms with Crippen molar-refractivity contribution in [1.29, 1.82) is 0 Å². The summed E-state index contributed by atoms with van der Waals surface area (Å²) < 4.78 is 12.0. The number of allylic oxidation sites excluding steroid dienone is 1. The van der Waals surface area contributed by atoms with Gasteiger partial charge in [0, 0.05) is 12.3 Å². The van der Waals surface area contributed by atoms with Crippen molar-refractivity contribution < 1.29 is 33.8 Å². The summed E-state index contributed by atoms with van der Waals surface area (Å²) in [6.07, 6.45) is 6.18. The minimum absolute atomic E-state index is 0.0191. The van der Waals surface area contributed by atoms with Crippen LogP contribution in [0.2, 0.25) is 0 Å². The quantitative estimate of drug-likeness (QED) is 0.314. The molecule has 48 heavy (non-hydrogen) atoms. The van der Waals surface area contributed by atoms with Gasteiger partial charge in [-0.15, -0.1) is 11.3 Å². The number of aromatic nitrogens is 2. The molecule has 0 unspecified atom stereocenters. The fraction of sp³-hybridized carbons (Fsp3) is 0.486. The van der Waals surface area contributed by atoms with Crippen LogP contribution in [0.5, 0.6) is 5.88 Å². The molecular weight excluding hydrogens is 634 g/mol. The molecule has 3 aromatic rings. The Balaban J connectivity index is 1.32. The molecule has 3 amide bonds. The van der Waals surface area contributed by atoms with Crippen molar-refractivity contribution in [2.24, 2.45) is 5.92 Å². The molecule has 5 atom stereocenters. The standard InChI is InChI=1S/C35H41N5O7S/c1-34(2,3)47-33(45)38-25-15-8-6-4-5-7-12-21-19-35(21,32(43)44)39-29(41)26-18-22(20-40(26)31(25)42)46-30-28(27-16-11-17-48-27)36-23-13-9-10-14-24(23)37-30/h7,9-14,16-17,21-22,25-26H,4-6,8,15,18-20H2,1-3H3,(H,38,45)(H,39,41)(H,43,44)/t21-,22+,25-,26+,35-/m1/s1. The van der Waals surface area contributed by atoms with E-state index in [0.717, 1.165) is 24.1 Å². The Morgan fingerprint density at radius 2 is 1.85 bits per heavy atom. The lowest BCUT2D eigenvalue weighted by Gasteiger charge is -2.30. The van der Waals surface area contributed by atoms with Crippen molar-refractivity contribution in [3.8, 4) is 16.5 Å². The van der Waals surface area contributed by atoms with E-state index in [1.165, 1.54) is 16.2 Å². The lowest BCUT2D eigenvalue weighted by atomic mass is 10.0. The van der Waals surface area contributed by atoms with Crippen molar-refractivity contribution in [2.75, 3.05) is 6.54 Å². The second-order valence-electron chi connectivity index (χ2n) is 13.7. The number of hydrogen-bond donors (Lipinski definition) is 3. The van der Waals surface area contributed by atoms with Crippen molar-refractivity contribution in [1.82, 2.24) is 25.5 Å². The van der Waals surface area contributed by atoms with E-state index in [2.05, 4.69) is 10.6 Å². The second kappa shape index (κ2) is 13.5. The van der Waals surface area contributed by atoms with Gasteiger partial charge in [0.25, 0.3) is 0 Å². The van der Waals surface area contributed by atoms with E-state index in [1.54, 1.807) is 20.8 Å². The van der Waals surface area contributed by atoms with E-state index < -0.39 is 53.2 Å². The minimum atomic E-state index is -1.44. The molecular formula is C35H41N5O7S. The number of nitrogens with zero attached hydrogens (tertiary/aromatic N) is 3. The number of benzene rings is 1. The molecule has 0 radical (unpaired) electrons. The van der Waals surface area contributed by atoms with Gasteiger partial charge in [-0.25, -0.2) is 19.6 Å². The first-order chi connectivity index (χ1) is 22.9. The highest BCUT2D eigenvalue weighted by Crippen LogP contribution is 2.45. The first-order valence-corrected chi connectivity index (χ1v) is 17.3. The number of rotatable bonds is 5. The Bertz CT molecular complexity index is 1720. The molecule has 0 bridgehead atoms. The normalized spacial score (nSPS) is 26.4. The van der Waals surface area contributed by atoms with Gasteiger partial charge >= 0.3 is 12.1 Å². The topological polar surface area (TPSA) is 160 Å². The minimum Gasteiger partial charge on any atom is -0.479 e. The molecule has 12 nitrogen and oxygen atoms in total. The molecule has 3 N–H and O–H groups in total. The summed E-state index contributed by atoms with van der Waals surface area (Å²) in [5.74, 6) is -2.23. The molecule has 1 saturated heterocycles. The highest BCUT2D eigenvalue weighted by Gasteiger charge is 2.61. The molecule has 4 heterocycles. The fourth-order valence-corrected chi connectivity index (χ4v) is 7.10. The summed E-state index contributed by atoms with van der Waals surface area (Å²) in [6.45, 7) is 5.24. The summed E-state index contributed by atoms with van der Waals surface area (Å²) in [5.41, 5.74) is -0.337. The molecule has 1 aliphatic carbocycles. The maximum absolute atomic E-state index is 14.3. The zero-order chi connectivity index (χ0) is 34.1. The van der Waals surface area contributed by atoms with Crippen LogP contribution in [-0.2, 0) is 19.1 Å². The van der Waals surface area contributed by atoms with Crippen LogP contribution < -0.4 is 15.4 Å². The van der Waals surface area contributed by atoms with Crippen LogP contribution in [0.1, 0.15) is 65.7 Å². The van der Waals surface area contributed by atoms with Crippen molar-refractivity contribution in [2.45, 2.75) is 95.0 Å². The van der Waals surface area contributed by atoms with Crippen LogP contribution in [0.4, 0.5) is 4.79 Å². The molecule has 1 aromatic carbocycles. The number of ether oxygens (including phenoxy) is 2. The largest absolute Gasteiger partial charge is 0.479 e. The second-order valence-corrected chi connectivity index (χ2v) is 14.6. The summed E-state index contributed by atoms with van der Waals surface area (Å²) in [7, 11) is 0. The number of fused-ring (bicyclic) bond motifs is 3. The van der Waals surface area contributed by atoms with Gasteiger partial charge in [-0.1, -0.05) is 43.2 Å². The van der Waals surface area contributed by atoms with Gasteiger partial charge < -0.3 is 30.1 Å². The lowest BCUT2D eigenvalue weighted by molar-refractivity contribution is -0.145. The van der Waals surface area contributed by atoms with Crippen LogP contribution in [0.15, 0.2) is 53.9 Å². The number of aliphatic carboxylic acids is 1. The molecule has 2 aromatic heterocycles. The first kappa shape index (κ1) is 33.4. The van der Waals surface area contributed by atoms with E-state index in [1.807, 2.05) is 53.9 Å². The van der Waals surface area contributed by atoms with Gasteiger partial charge in [0.1, 0.15) is 35.0 Å². The van der Waals surface area contributed by atoms with Gasteiger partial charge in [-0.2, -0.15) is 0 Å². The number of thiophene rings is 1. The van der Waals surface area contributed by atoms with Crippen LogP contribution in [0.3, 0.4) is 0 Å². The van der Waals surface area contributed by atoms with Gasteiger partial charge in [0.15, 0.2) is 0 Å². The molecule has 0 spiro atoms. The Morgan fingerprint density at radius 3 is 2.56 bits per heavy atom. The van der Waals surface area contributed by atoms with Crippen LogP contribution in [-0.4, -0.2) is 79.7 Å². The monoisotopic (exact) mass is 675 g/mol. The van der Waals surface area contributed by atoms with E-state index in [4.69, 9.17) is 19.4 Å². The van der Waals surface area contributed by atoms with Crippen molar-refractivity contribution >= 4 is 46.2 Å². The predicted molar refractivity (Wildman–Crippen MR) is 179 cm³/mol. The van der Waals surface area contributed by atoms with Gasteiger partial charge in [-0.05, 0) is 70.0 Å². The van der Waals surface area contributed by atoms with Gasteiger partial charge in [0.05, 0.1) is 22.5 Å². The number of carbonyl (C=O) groups excluding carboxylic acids is 3. The molecule has 3 aliphatic rings. The van der Waals surface area contributed by atoms with E-state index >= 15 is 0 Å². The Kier molecular flexibility index (Phi) is 9.41. The maximum Gasteiger partial charge on any atom is 0.408 e. The predicted octanol–water partition coefficient (Wildman–Crippen LogP) is 5.08. The van der Waals surface area contributed by atoms with E-state index in [0.29, 0.717) is 29.6 Å². The average molecular weight is 676 g/mol. The van der Waals surface area contributed by atoms with E-state index in [-0.39, 0.29) is 31.2 Å². The third kappa shape index (κ3) is 7.30. The zero-order valence-corrected chi connectivity index (χ0v) is 28.1. The van der Waals surface area contributed by atoms with Gasteiger partial charge in [0.2, 0.25) is 17.7 Å². The van der Waals surface area contributed by atoms with Crippen LogP contribution in [0.25, 0.3) is 21.6 Å². The molecule has 2 aliphatic heterocycles. The number of carboxylic acids is 1.